The Hall–Kier alpha value is -1.90. The highest BCUT2D eigenvalue weighted by Crippen LogP contribution is 2.35. The number of rotatable bonds is 3. The molecule has 3 heteroatoms. The minimum Gasteiger partial charge on any atom is -0.432 e. The second-order valence-corrected chi connectivity index (χ2v) is 5.95. The van der Waals surface area contributed by atoms with Crippen molar-refractivity contribution in [3.63, 3.8) is 0 Å². The van der Waals surface area contributed by atoms with Gasteiger partial charge in [0.2, 0.25) is 0 Å². The number of ether oxygens (including phenoxy) is 1. The zero-order valence-corrected chi connectivity index (χ0v) is 16.0. The zero-order valence-electron chi connectivity index (χ0n) is 16.0. The lowest BCUT2D eigenvalue weighted by Crippen LogP contribution is -2.19. The summed E-state index contributed by atoms with van der Waals surface area (Å²) >= 11 is 0. The maximum absolute atomic E-state index is 13.1. The molecule has 2 aromatic carbocycles. The smallest absolute Gasteiger partial charge is 0.394 e. The summed E-state index contributed by atoms with van der Waals surface area (Å²) in [5, 5.41) is 0. The monoisotopic (exact) mass is 334 g/mol. The molecule has 0 aliphatic heterocycles. The zero-order chi connectivity index (χ0) is 18.7. The number of alkyl halides is 2. The molecule has 0 N–H and O–H groups in total. The van der Waals surface area contributed by atoms with Crippen LogP contribution in [0.3, 0.4) is 0 Å². The van der Waals surface area contributed by atoms with Crippen molar-refractivity contribution in [2.75, 3.05) is 0 Å². The molecule has 0 saturated carbocycles. The summed E-state index contributed by atoms with van der Waals surface area (Å²) in [6.07, 6.45) is -3.17. The molecule has 0 heterocycles. The van der Waals surface area contributed by atoms with Gasteiger partial charge in [-0.2, -0.15) is 8.78 Å². The molecule has 0 saturated heterocycles. The Bertz CT molecular complexity index is 713. The molecular weight excluding hydrogens is 306 g/mol. The number of halogens is 2. The summed E-state index contributed by atoms with van der Waals surface area (Å²) < 4.78 is 30.9. The second kappa shape index (κ2) is 7.78. The average molecular weight is 334 g/mol. The predicted octanol–water partition coefficient (Wildman–Crippen LogP) is 6.91. The van der Waals surface area contributed by atoms with E-state index in [9.17, 15) is 8.78 Å². The van der Waals surface area contributed by atoms with Gasteiger partial charge in [0.15, 0.2) is 0 Å². The minimum atomic E-state index is -3.17. The van der Waals surface area contributed by atoms with Crippen LogP contribution >= 0.6 is 0 Å². The van der Waals surface area contributed by atoms with E-state index >= 15 is 0 Å². The van der Waals surface area contributed by atoms with Gasteiger partial charge in [0, 0.05) is 6.92 Å². The first-order valence-electron chi connectivity index (χ1n) is 8.36. The predicted molar refractivity (Wildman–Crippen MR) is 98.2 cm³/mol. The topological polar surface area (TPSA) is 9.23 Å². The van der Waals surface area contributed by atoms with Crippen molar-refractivity contribution in [1.82, 2.24) is 0 Å². The molecule has 0 aliphatic carbocycles. The highest BCUT2D eigenvalue weighted by atomic mass is 19.3. The van der Waals surface area contributed by atoms with Crippen LogP contribution in [0.5, 0.6) is 5.75 Å². The van der Waals surface area contributed by atoms with E-state index in [1.807, 2.05) is 33.8 Å². The van der Waals surface area contributed by atoms with E-state index < -0.39 is 6.11 Å². The quantitative estimate of drug-likeness (QED) is 0.592. The van der Waals surface area contributed by atoms with E-state index in [2.05, 4.69) is 32.9 Å². The molecule has 0 aromatic heterocycles. The first-order chi connectivity index (χ1) is 11.1. The van der Waals surface area contributed by atoms with Crippen LogP contribution in [0.2, 0.25) is 0 Å². The van der Waals surface area contributed by atoms with Crippen LogP contribution in [-0.2, 0) is 0 Å². The first-order valence-corrected chi connectivity index (χ1v) is 8.36. The van der Waals surface area contributed by atoms with Crippen LogP contribution in [0.4, 0.5) is 8.78 Å². The number of aryl methyl sites for hydroxylation is 1. The third kappa shape index (κ3) is 4.34. The van der Waals surface area contributed by atoms with Crippen molar-refractivity contribution in [2.45, 2.75) is 61.5 Å². The van der Waals surface area contributed by atoms with Crippen molar-refractivity contribution < 1.29 is 13.5 Å². The Labute approximate surface area is 144 Å². The lowest BCUT2D eigenvalue weighted by molar-refractivity contribution is -0.159. The molecule has 132 valence electrons. The molecular formula is C21H28F2O. The maximum atomic E-state index is 13.1. The number of hydrogen-bond donors (Lipinski definition) is 0. The van der Waals surface area contributed by atoms with Gasteiger partial charge >= 0.3 is 6.11 Å². The van der Waals surface area contributed by atoms with Crippen molar-refractivity contribution >= 4 is 0 Å². The van der Waals surface area contributed by atoms with Crippen LogP contribution in [0.15, 0.2) is 24.3 Å². The Morgan fingerprint density at radius 2 is 1.17 bits per heavy atom. The highest BCUT2D eigenvalue weighted by molar-refractivity contribution is 5.74. The van der Waals surface area contributed by atoms with Gasteiger partial charge < -0.3 is 4.74 Å². The third-order valence-corrected chi connectivity index (χ3v) is 4.37. The molecule has 0 radical (unpaired) electrons. The summed E-state index contributed by atoms with van der Waals surface area (Å²) in [6, 6.07) is 7.68. The summed E-state index contributed by atoms with van der Waals surface area (Å²) in [7, 11) is 0. The lowest BCUT2D eigenvalue weighted by Gasteiger charge is -2.19. The van der Waals surface area contributed by atoms with E-state index in [0.29, 0.717) is 0 Å². The highest BCUT2D eigenvalue weighted by Gasteiger charge is 2.25. The molecule has 0 aliphatic rings. The molecule has 0 unspecified atom stereocenters. The van der Waals surface area contributed by atoms with Crippen LogP contribution in [0.1, 0.15) is 48.6 Å². The Kier molecular flexibility index (Phi) is 6.53. The van der Waals surface area contributed by atoms with Gasteiger partial charge in [-0.15, -0.1) is 0 Å². The molecule has 24 heavy (non-hydrogen) atoms. The SMILES string of the molecule is CC.Cc1ccc(-c2ccc(OC(C)(F)F)c(C)c2C)c(C)c1C. The molecule has 1 nitrogen and oxygen atoms in total. The van der Waals surface area contributed by atoms with Crippen LogP contribution < -0.4 is 4.74 Å². The molecule has 0 spiro atoms. The van der Waals surface area contributed by atoms with E-state index in [4.69, 9.17) is 4.74 Å². The fraction of sp³-hybridized carbons (Fsp3) is 0.429. The van der Waals surface area contributed by atoms with E-state index in [0.717, 1.165) is 29.2 Å². The summed E-state index contributed by atoms with van der Waals surface area (Å²) in [5.74, 6) is 0.232. The van der Waals surface area contributed by atoms with Crippen molar-refractivity contribution in [2.24, 2.45) is 0 Å². The number of benzene rings is 2. The normalized spacial score (nSPS) is 10.9. The van der Waals surface area contributed by atoms with Crippen LogP contribution in [0.25, 0.3) is 11.1 Å². The van der Waals surface area contributed by atoms with Crippen molar-refractivity contribution in [3.05, 3.63) is 52.1 Å². The molecule has 0 atom stereocenters. The standard InChI is InChI=1S/C19H22F2O.C2H6/c1-11-7-8-16(13(3)12(11)2)17-9-10-18(15(5)14(17)4)22-19(6,20)21;1-2/h7-10H,1-6H3;1-2H3. The van der Waals surface area contributed by atoms with Gasteiger partial charge in [-0.25, -0.2) is 0 Å². The average Bonchev–Trinajstić information content (AvgIpc) is 2.52. The lowest BCUT2D eigenvalue weighted by atomic mass is 9.90. The Morgan fingerprint density at radius 1 is 0.708 bits per heavy atom. The Balaban J connectivity index is 0.00000139. The molecule has 2 rings (SSSR count). The minimum absolute atomic E-state index is 0.232. The maximum Gasteiger partial charge on any atom is 0.394 e. The van der Waals surface area contributed by atoms with Crippen molar-refractivity contribution in [3.8, 4) is 16.9 Å². The number of hydrogen-bond acceptors (Lipinski definition) is 1. The largest absolute Gasteiger partial charge is 0.432 e. The first kappa shape index (κ1) is 20.1. The van der Waals surface area contributed by atoms with Crippen LogP contribution in [-0.4, -0.2) is 6.11 Å². The van der Waals surface area contributed by atoms with E-state index in [1.165, 1.54) is 16.7 Å². The molecule has 0 bridgehead atoms. The Morgan fingerprint density at radius 3 is 1.67 bits per heavy atom. The van der Waals surface area contributed by atoms with Gasteiger partial charge in [-0.3, -0.25) is 0 Å². The van der Waals surface area contributed by atoms with Gasteiger partial charge in [-0.1, -0.05) is 32.0 Å². The molecule has 2 aromatic rings. The van der Waals surface area contributed by atoms with Gasteiger partial charge in [0.05, 0.1) is 0 Å². The fourth-order valence-corrected chi connectivity index (χ4v) is 2.64. The summed E-state index contributed by atoms with van der Waals surface area (Å²) in [5.41, 5.74) is 7.64. The van der Waals surface area contributed by atoms with Gasteiger partial charge in [-0.05, 0) is 79.6 Å². The molecule has 0 amide bonds. The van der Waals surface area contributed by atoms with E-state index in [1.54, 1.807) is 6.07 Å². The van der Waals surface area contributed by atoms with Crippen LogP contribution in [0, 0.1) is 34.6 Å². The molecule has 0 fully saturated rings. The van der Waals surface area contributed by atoms with Gasteiger partial charge in [0.25, 0.3) is 0 Å². The van der Waals surface area contributed by atoms with Gasteiger partial charge in [0.1, 0.15) is 5.75 Å². The van der Waals surface area contributed by atoms with E-state index in [-0.39, 0.29) is 5.75 Å². The second-order valence-electron chi connectivity index (χ2n) is 5.95. The summed E-state index contributed by atoms with van der Waals surface area (Å²) in [6.45, 7) is 14.8. The summed E-state index contributed by atoms with van der Waals surface area (Å²) in [4.78, 5) is 0. The fourth-order valence-electron chi connectivity index (χ4n) is 2.64. The third-order valence-electron chi connectivity index (χ3n) is 4.37. The van der Waals surface area contributed by atoms with Crippen molar-refractivity contribution in [1.29, 1.82) is 0 Å².